The largest absolute Gasteiger partial charge is 0.383 e. The molecule has 0 radical (unpaired) electrons. The average molecular weight is 369 g/mol. The smallest absolute Gasteiger partial charge is 0.0496 e. The quantitative estimate of drug-likeness (QED) is 0.758. The van der Waals surface area contributed by atoms with E-state index >= 15 is 0 Å². The molecule has 0 aliphatic rings. The van der Waals surface area contributed by atoms with Crippen LogP contribution in [-0.2, 0) is 0 Å². The third-order valence-electron chi connectivity index (χ3n) is 2.90. The van der Waals surface area contributed by atoms with E-state index in [0.29, 0.717) is 5.92 Å². The normalized spacial score (nSPS) is 12.2. The summed E-state index contributed by atoms with van der Waals surface area (Å²) < 4.78 is 2.17. The zero-order valence-electron chi connectivity index (χ0n) is 10.2. The van der Waals surface area contributed by atoms with E-state index in [1.165, 1.54) is 5.56 Å². The van der Waals surface area contributed by atoms with Crippen LogP contribution in [0.15, 0.2) is 57.5 Å². The molecule has 94 valence electrons. The Balaban J connectivity index is 2.01. The van der Waals surface area contributed by atoms with Crippen molar-refractivity contribution in [1.82, 2.24) is 0 Å². The van der Waals surface area contributed by atoms with Gasteiger partial charge in [0.1, 0.15) is 0 Å². The van der Waals surface area contributed by atoms with Crippen LogP contribution in [0.5, 0.6) is 0 Å². The molecule has 0 aliphatic heterocycles. The molecular weight excluding hydrogens is 354 g/mol. The van der Waals surface area contributed by atoms with Crippen LogP contribution in [0.25, 0.3) is 0 Å². The van der Waals surface area contributed by atoms with E-state index in [-0.39, 0.29) is 0 Å². The van der Waals surface area contributed by atoms with Crippen molar-refractivity contribution in [2.45, 2.75) is 12.8 Å². The van der Waals surface area contributed by atoms with Gasteiger partial charge in [0.25, 0.3) is 0 Å². The first-order valence-corrected chi connectivity index (χ1v) is 7.49. The highest BCUT2D eigenvalue weighted by molar-refractivity contribution is 9.11. The van der Waals surface area contributed by atoms with Crippen molar-refractivity contribution in [3.8, 4) is 0 Å². The van der Waals surface area contributed by atoms with Gasteiger partial charge in [-0.2, -0.15) is 0 Å². The van der Waals surface area contributed by atoms with Crippen LogP contribution in [0.1, 0.15) is 18.4 Å². The van der Waals surface area contributed by atoms with Crippen molar-refractivity contribution in [1.29, 1.82) is 0 Å². The molecule has 0 amide bonds. The van der Waals surface area contributed by atoms with Crippen molar-refractivity contribution >= 4 is 37.5 Å². The maximum Gasteiger partial charge on any atom is 0.0496 e. The summed E-state index contributed by atoms with van der Waals surface area (Å²) in [6.45, 7) is 3.15. The fraction of sp³-hybridized carbons (Fsp3) is 0.200. The minimum Gasteiger partial charge on any atom is -0.383 e. The monoisotopic (exact) mass is 367 g/mol. The molecule has 0 fully saturated rings. The molecule has 2 aromatic rings. The third kappa shape index (κ3) is 3.59. The summed E-state index contributed by atoms with van der Waals surface area (Å²) in [5.41, 5.74) is 2.48. The molecule has 0 aromatic heterocycles. The second-order valence-corrected chi connectivity index (χ2v) is 6.09. The Hall–Kier alpha value is -0.800. The van der Waals surface area contributed by atoms with Gasteiger partial charge < -0.3 is 5.32 Å². The summed E-state index contributed by atoms with van der Waals surface area (Å²) in [5.74, 6) is 0.483. The van der Waals surface area contributed by atoms with Gasteiger partial charge in [0, 0.05) is 21.2 Å². The van der Waals surface area contributed by atoms with E-state index in [2.05, 4.69) is 80.5 Å². The van der Waals surface area contributed by atoms with Gasteiger partial charge in [-0.3, -0.25) is 0 Å². The van der Waals surface area contributed by atoms with E-state index in [4.69, 9.17) is 0 Å². The summed E-state index contributed by atoms with van der Waals surface area (Å²) in [5, 5.41) is 3.48. The van der Waals surface area contributed by atoms with Gasteiger partial charge in [0.2, 0.25) is 0 Å². The topological polar surface area (TPSA) is 12.0 Å². The highest BCUT2D eigenvalue weighted by Gasteiger charge is 2.06. The molecule has 1 N–H and O–H groups in total. The minimum absolute atomic E-state index is 0.483. The molecule has 0 aliphatic carbocycles. The zero-order chi connectivity index (χ0) is 13.0. The molecule has 2 rings (SSSR count). The number of rotatable bonds is 4. The lowest BCUT2D eigenvalue weighted by molar-refractivity contribution is 0.804. The van der Waals surface area contributed by atoms with Crippen LogP contribution in [0.3, 0.4) is 0 Å². The third-order valence-corrected chi connectivity index (χ3v) is 4.08. The van der Waals surface area contributed by atoms with Crippen molar-refractivity contribution in [3.05, 3.63) is 63.0 Å². The molecule has 1 nitrogen and oxygen atoms in total. The Labute approximate surface area is 125 Å². The molecule has 0 saturated heterocycles. The minimum atomic E-state index is 0.483. The Morgan fingerprint density at radius 1 is 1.06 bits per heavy atom. The van der Waals surface area contributed by atoms with E-state index in [1.807, 2.05) is 12.1 Å². The highest BCUT2D eigenvalue weighted by atomic mass is 79.9. The van der Waals surface area contributed by atoms with E-state index in [1.54, 1.807) is 0 Å². The Morgan fingerprint density at radius 2 is 1.78 bits per heavy atom. The zero-order valence-corrected chi connectivity index (χ0v) is 13.3. The van der Waals surface area contributed by atoms with E-state index in [9.17, 15) is 0 Å². The molecule has 0 heterocycles. The van der Waals surface area contributed by atoms with Gasteiger partial charge in [-0.1, -0.05) is 53.2 Å². The molecule has 1 atom stereocenters. The van der Waals surface area contributed by atoms with Gasteiger partial charge in [-0.05, 0) is 45.6 Å². The van der Waals surface area contributed by atoms with Crippen LogP contribution < -0.4 is 5.32 Å². The number of benzene rings is 2. The number of hydrogen-bond donors (Lipinski definition) is 1. The van der Waals surface area contributed by atoms with E-state index < -0.39 is 0 Å². The molecule has 0 bridgehead atoms. The fourth-order valence-corrected chi connectivity index (χ4v) is 2.54. The summed E-state index contributed by atoms with van der Waals surface area (Å²) >= 11 is 7.04. The van der Waals surface area contributed by atoms with Gasteiger partial charge >= 0.3 is 0 Å². The summed E-state index contributed by atoms with van der Waals surface area (Å²) in [6.07, 6.45) is 0. The maximum absolute atomic E-state index is 3.55. The van der Waals surface area contributed by atoms with Gasteiger partial charge in [0.15, 0.2) is 0 Å². The molecule has 0 saturated carbocycles. The standard InChI is InChI=1S/C15H15Br2N/c1-11(12-5-3-2-4-6-12)10-18-15-9-13(16)7-8-14(15)17/h2-9,11,18H,10H2,1H3. The summed E-state index contributed by atoms with van der Waals surface area (Å²) in [6, 6.07) is 16.7. The molecular formula is C15H15Br2N. The lowest BCUT2D eigenvalue weighted by Crippen LogP contribution is -2.10. The molecule has 2 aromatic carbocycles. The Bertz CT molecular complexity index is 511. The van der Waals surface area contributed by atoms with Crippen molar-refractivity contribution in [2.75, 3.05) is 11.9 Å². The lowest BCUT2D eigenvalue weighted by atomic mass is 10.0. The molecule has 1 unspecified atom stereocenters. The Morgan fingerprint density at radius 3 is 2.50 bits per heavy atom. The van der Waals surface area contributed by atoms with Crippen LogP contribution in [0, 0.1) is 0 Å². The number of hydrogen-bond acceptors (Lipinski definition) is 1. The first kappa shape index (κ1) is 13.6. The first-order valence-electron chi connectivity index (χ1n) is 5.90. The molecule has 0 spiro atoms. The summed E-state index contributed by atoms with van der Waals surface area (Å²) in [4.78, 5) is 0. The number of nitrogens with one attached hydrogen (secondary N) is 1. The van der Waals surface area contributed by atoms with Crippen molar-refractivity contribution < 1.29 is 0 Å². The maximum atomic E-state index is 3.55. The van der Waals surface area contributed by atoms with Gasteiger partial charge in [0.05, 0.1) is 0 Å². The van der Waals surface area contributed by atoms with Gasteiger partial charge in [-0.15, -0.1) is 0 Å². The summed E-state index contributed by atoms with van der Waals surface area (Å²) in [7, 11) is 0. The highest BCUT2D eigenvalue weighted by Crippen LogP contribution is 2.27. The molecule has 3 heteroatoms. The van der Waals surface area contributed by atoms with E-state index in [0.717, 1.165) is 21.2 Å². The lowest BCUT2D eigenvalue weighted by Gasteiger charge is -2.15. The number of halogens is 2. The van der Waals surface area contributed by atoms with Crippen LogP contribution in [0.4, 0.5) is 5.69 Å². The first-order chi connectivity index (χ1) is 8.66. The second kappa shape index (κ2) is 6.39. The molecule has 18 heavy (non-hydrogen) atoms. The predicted octanol–water partition coefficient (Wildman–Crippen LogP) is 5.43. The van der Waals surface area contributed by atoms with Crippen LogP contribution in [-0.4, -0.2) is 6.54 Å². The Kier molecular flexibility index (Phi) is 4.84. The SMILES string of the molecule is CC(CNc1cc(Br)ccc1Br)c1ccccc1. The van der Waals surface area contributed by atoms with Gasteiger partial charge in [-0.25, -0.2) is 0 Å². The van der Waals surface area contributed by atoms with Crippen molar-refractivity contribution in [2.24, 2.45) is 0 Å². The van der Waals surface area contributed by atoms with Crippen LogP contribution in [0.2, 0.25) is 0 Å². The van der Waals surface area contributed by atoms with Crippen molar-refractivity contribution in [3.63, 3.8) is 0 Å². The number of anilines is 1. The fourth-order valence-electron chi connectivity index (χ4n) is 1.80. The van der Waals surface area contributed by atoms with Crippen LogP contribution >= 0.6 is 31.9 Å². The second-order valence-electron chi connectivity index (χ2n) is 4.32. The average Bonchev–Trinajstić information content (AvgIpc) is 2.40. The predicted molar refractivity (Wildman–Crippen MR) is 85.2 cm³/mol.